The molecule has 0 amide bonds. The molecule has 1 unspecified atom stereocenters. The Morgan fingerprint density at radius 2 is 2.55 bits per heavy atom. The lowest BCUT2D eigenvalue weighted by molar-refractivity contribution is 0.139. The van der Waals surface area contributed by atoms with Crippen LogP contribution in [0.5, 0.6) is 0 Å². The molecule has 0 saturated heterocycles. The molecule has 0 radical (unpaired) electrons. The van der Waals surface area contributed by atoms with E-state index >= 15 is 0 Å². The van der Waals surface area contributed by atoms with Gasteiger partial charge in [-0.2, -0.15) is 0 Å². The summed E-state index contributed by atoms with van der Waals surface area (Å²) in [4.78, 5) is 0. The molecule has 1 atom stereocenters. The quantitative estimate of drug-likeness (QED) is 0.589. The van der Waals surface area contributed by atoms with Crippen LogP contribution in [0.1, 0.15) is 6.42 Å². The van der Waals surface area contributed by atoms with Crippen molar-refractivity contribution in [2.24, 2.45) is 0 Å². The van der Waals surface area contributed by atoms with Gasteiger partial charge in [0.2, 0.25) is 0 Å². The molecule has 2 N–H and O–H groups in total. The van der Waals surface area contributed by atoms with Gasteiger partial charge in [0.25, 0.3) is 0 Å². The number of hydrogen-bond acceptors (Lipinski definition) is 3. The van der Waals surface area contributed by atoms with E-state index in [0.717, 1.165) is 6.21 Å². The standard InChI is InChI=1S/C8H11NO2/c1-11-7-2-3-8(10)6(4-7)5-9/h2-3,5,7,9-10H,4H2,1H3. The first-order chi connectivity index (χ1) is 5.27. The lowest BCUT2D eigenvalue weighted by Gasteiger charge is -2.15. The third kappa shape index (κ3) is 1.68. The van der Waals surface area contributed by atoms with Crippen molar-refractivity contribution in [1.29, 1.82) is 5.41 Å². The third-order valence-corrected chi connectivity index (χ3v) is 1.70. The number of methoxy groups -OCH3 is 1. The van der Waals surface area contributed by atoms with E-state index in [0.29, 0.717) is 12.0 Å². The van der Waals surface area contributed by atoms with Crippen LogP contribution in [-0.4, -0.2) is 24.5 Å². The first-order valence-corrected chi connectivity index (χ1v) is 3.41. The molecule has 0 aliphatic heterocycles. The number of ether oxygens (including phenoxy) is 1. The fraction of sp³-hybridized carbons (Fsp3) is 0.375. The molecule has 1 aliphatic carbocycles. The molecule has 1 rings (SSSR count). The molecule has 0 saturated carbocycles. The molecular weight excluding hydrogens is 142 g/mol. The van der Waals surface area contributed by atoms with E-state index < -0.39 is 0 Å². The molecule has 11 heavy (non-hydrogen) atoms. The van der Waals surface area contributed by atoms with Crippen LogP contribution in [-0.2, 0) is 4.74 Å². The summed E-state index contributed by atoms with van der Waals surface area (Å²) >= 11 is 0. The summed E-state index contributed by atoms with van der Waals surface area (Å²) in [5.74, 6) is 0.174. The predicted octanol–water partition coefficient (Wildman–Crippen LogP) is 1.42. The average Bonchev–Trinajstić information content (AvgIpc) is 2.05. The van der Waals surface area contributed by atoms with Crippen LogP contribution in [0.4, 0.5) is 0 Å². The van der Waals surface area contributed by atoms with Crippen molar-refractivity contribution >= 4 is 6.21 Å². The van der Waals surface area contributed by atoms with Crippen LogP contribution in [0.25, 0.3) is 0 Å². The van der Waals surface area contributed by atoms with Gasteiger partial charge < -0.3 is 15.3 Å². The van der Waals surface area contributed by atoms with Crippen molar-refractivity contribution in [2.45, 2.75) is 12.5 Å². The second kappa shape index (κ2) is 3.34. The zero-order valence-electron chi connectivity index (χ0n) is 6.37. The van der Waals surface area contributed by atoms with Crippen LogP contribution >= 0.6 is 0 Å². The second-order valence-corrected chi connectivity index (χ2v) is 2.39. The molecule has 60 valence electrons. The van der Waals surface area contributed by atoms with Gasteiger partial charge in [0.05, 0.1) is 6.10 Å². The van der Waals surface area contributed by atoms with Crippen molar-refractivity contribution in [2.75, 3.05) is 7.11 Å². The Balaban J connectivity index is 2.75. The Morgan fingerprint density at radius 3 is 3.09 bits per heavy atom. The highest BCUT2D eigenvalue weighted by Gasteiger charge is 2.13. The number of rotatable bonds is 2. The van der Waals surface area contributed by atoms with E-state index in [2.05, 4.69) is 0 Å². The summed E-state index contributed by atoms with van der Waals surface area (Å²) < 4.78 is 5.04. The zero-order chi connectivity index (χ0) is 8.27. The van der Waals surface area contributed by atoms with Gasteiger partial charge in [0, 0.05) is 25.3 Å². The second-order valence-electron chi connectivity index (χ2n) is 2.39. The van der Waals surface area contributed by atoms with Crippen molar-refractivity contribution < 1.29 is 9.84 Å². The molecule has 0 aromatic rings. The summed E-state index contributed by atoms with van der Waals surface area (Å²) in [7, 11) is 1.61. The molecule has 0 aromatic carbocycles. The molecule has 0 heterocycles. The highest BCUT2D eigenvalue weighted by Crippen LogP contribution is 2.17. The molecule has 0 bridgehead atoms. The van der Waals surface area contributed by atoms with E-state index in [1.54, 1.807) is 19.3 Å². The Bertz CT molecular complexity index is 218. The molecule has 1 aliphatic rings. The van der Waals surface area contributed by atoms with Crippen LogP contribution in [0.3, 0.4) is 0 Å². The summed E-state index contributed by atoms with van der Waals surface area (Å²) in [6, 6.07) is 0. The third-order valence-electron chi connectivity index (χ3n) is 1.70. The first kappa shape index (κ1) is 8.01. The monoisotopic (exact) mass is 153 g/mol. The van der Waals surface area contributed by atoms with Gasteiger partial charge in [-0.3, -0.25) is 0 Å². The maximum Gasteiger partial charge on any atom is 0.120 e. The van der Waals surface area contributed by atoms with Gasteiger partial charge in [0.1, 0.15) is 5.76 Å². The largest absolute Gasteiger partial charge is 0.508 e. The van der Waals surface area contributed by atoms with E-state index in [1.165, 1.54) is 0 Å². The summed E-state index contributed by atoms with van der Waals surface area (Å²) in [6.45, 7) is 0. The lowest BCUT2D eigenvalue weighted by atomic mass is 10.0. The summed E-state index contributed by atoms with van der Waals surface area (Å²) in [6.07, 6.45) is 5.09. The maximum absolute atomic E-state index is 9.17. The smallest absolute Gasteiger partial charge is 0.120 e. The first-order valence-electron chi connectivity index (χ1n) is 3.41. The van der Waals surface area contributed by atoms with Crippen molar-refractivity contribution in [3.8, 4) is 0 Å². The van der Waals surface area contributed by atoms with Crippen molar-refractivity contribution in [3.63, 3.8) is 0 Å². The number of nitrogens with one attached hydrogen (secondary N) is 1. The molecule has 0 aromatic heterocycles. The normalized spacial score (nSPS) is 23.9. The number of allylic oxidation sites excluding steroid dienone is 1. The van der Waals surface area contributed by atoms with Gasteiger partial charge in [-0.25, -0.2) is 0 Å². The number of aliphatic hydroxyl groups is 1. The Hall–Kier alpha value is -1.09. The van der Waals surface area contributed by atoms with Crippen molar-refractivity contribution in [3.05, 3.63) is 23.5 Å². The zero-order valence-corrected chi connectivity index (χ0v) is 6.37. The maximum atomic E-state index is 9.17. The topological polar surface area (TPSA) is 53.3 Å². The fourth-order valence-corrected chi connectivity index (χ4v) is 0.990. The Kier molecular flexibility index (Phi) is 2.44. The lowest BCUT2D eigenvalue weighted by Crippen LogP contribution is -2.13. The van der Waals surface area contributed by atoms with Gasteiger partial charge in [-0.15, -0.1) is 0 Å². The van der Waals surface area contributed by atoms with E-state index in [1.807, 2.05) is 0 Å². The minimum absolute atomic E-state index is 0.00231. The van der Waals surface area contributed by atoms with Crippen LogP contribution in [0, 0.1) is 5.41 Å². The average molecular weight is 153 g/mol. The Morgan fingerprint density at radius 1 is 1.82 bits per heavy atom. The number of hydrogen-bond donors (Lipinski definition) is 2. The van der Waals surface area contributed by atoms with Crippen LogP contribution in [0.15, 0.2) is 23.5 Å². The van der Waals surface area contributed by atoms with Gasteiger partial charge >= 0.3 is 0 Å². The molecule has 0 fully saturated rings. The number of aliphatic hydroxyl groups excluding tert-OH is 1. The highest BCUT2D eigenvalue weighted by atomic mass is 16.5. The van der Waals surface area contributed by atoms with Crippen LogP contribution in [0.2, 0.25) is 0 Å². The molecule has 3 nitrogen and oxygen atoms in total. The minimum Gasteiger partial charge on any atom is -0.508 e. The summed E-state index contributed by atoms with van der Waals surface area (Å²) in [5.41, 5.74) is 0.624. The minimum atomic E-state index is 0.00231. The fourth-order valence-electron chi connectivity index (χ4n) is 0.990. The summed E-state index contributed by atoms with van der Waals surface area (Å²) in [5, 5.41) is 16.1. The Labute approximate surface area is 65.5 Å². The highest BCUT2D eigenvalue weighted by molar-refractivity contribution is 5.77. The molecule has 3 heteroatoms. The SMILES string of the molecule is COC1C=CC(O)=C(C=N)C1. The van der Waals surface area contributed by atoms with Gasteiger partial charge in [-0.1, -0.05) is 6.08 Å². The van der Waals surface area contributed by atoms with Gasteiger partial charge in [-0.05, 0) is 6.08 Å². The van der Waals surface area contributed by atoms with Gasteiger partial charge in [0.15, 0.2) is 0 Å². The van der Waals surface area contributed by atoms with E-state index in [-0.39, 0.29) is 11.9 Å². The van der Waals surface area contributed by atoms with E-state index in [9.17, 15) is 0 Å². The predicted molar refractivity (Wildman–Crippen MR) is 43.0 cm³/mol. The molecule has 0 spiro atoms. The molecular formula is C8H11NO2. The van der Waals surface area contributed by atoms with Crippen molar-refractivity contribution in [1.82, 2.24) is 0 Å². The van der Waals surface area contributed by atoms with E-state index in [4.69, 9.17) is 15.3 Å². The van der Waals surface area contributed by atoms with Crippen LogP contribution < -0.4 is 0 Å².